The topological polar surface area (TPSA) is 256 Å². The van der Waals surface area contributed by atoms with Gasteiger partial charge < -0.3 is 83.9 Å². The van der Waals surface area contributed by atoms with Gasteiger partial charge in [-0.2, -0.15) is 0 Å². The molecule has 0 radical (unpaired) electrons. The molecule has 3 saturated carbocycles. The lowest BCUT2D eigenvalue weighted by molar-refractivity contribution is -0.385. The molecule has 0 aromatic rings. The number of aliphatic hydroxyl groups is 9. The third-order valence-electron chi connectivity index (χ3n) is 17.5. The summed E-state index contributed by atoms with van der Waals surface area (Å²) in [6.07, 6.45) is -11.5. The van der Waals surface area contributed by atoms with Gasteiger partial charge >= 0.3 is 0 Å². The number of rotatable bonds is 7. The maximum atomic E-state index is 12.8. The summed E-state index contributed by atoms with van der Waals surface area (Å²) in [5.74, 6) is 0.693. The molecule has 9 N–H and O–H groups in total. The highest BCUT2D eigenvalue weighted by atomic mass is 16.8. The van der Waals surface area contributed by atoms with Gasteiger partial charge in [0.05, 0.1) is 38.1 Å². The van der Waals surface area contributed by atoms with E-state index in [-0.39, 0.29) is 29.5 Å². The van der Waals surface area contributed by atoms with Crippen molar-refractivity contribution in [2.24, 2.45) is 40.4 Å². The third-order valence-corrected chi connectivity index (χ3v) is 17.5. The van der Waals surface area contributed by atoms with Crippen molar-refractivity contribution in [3.63, 3.8) is 0 Å². The number of aliphatic hydroxyl groups excluding tert-OH is 8. The van der Waals surface area contributed by atoms with E-state index in [4.69, 9.17) is 37.9 Å². The van der Waals surface area contributed by atoms with Crippen LogP contribution < -0.4 is 0 Å². The maximum Gasteiger partial charge on any atom is 0.187 e. The van der Waals surface area contributed by atoms with Gasteiger partial charge in [0.2, 0.25) is 0 Å². The second-order valence-electron chi connectivity index (χ2n) is 20.7. The molecular weight excluding hydrogens is 800 g/mol. The molecule has 5 aliphatic heterocycles. The van der Waals surface area contributed by atoms with E-state index in [1.54, 1.807) is 0 Å². The van der Waals surface area contributed by atoms with Gasteiger partial charge in [-0.25, -0.2) is 0 Å². The van der Waals surface area contributed by atoms with Gasteiger partial charge in [-0.15, -0.1) is 0 Å². The van der Waals surface area contributed by atoms with Gasteiger partial charge in [-0.05, 0) is 87.4 Å². The first-order chi connectivity index (χ1) is 28.9. The number of hydrogen-bond donors (Lipinski definition) is 9. The van der Waals surface area contributed by atoms with Crippen molar-refractivity contribution in [1.29, 1.82) is 0 Å². The van der Waals surface area contributed by atoms with Crippen molar-refractivity contribution in [1.82, 2.24) is 0 Å². The smallest absolute Gasteiger partial charge is 0.187 e. The molecule has 17 nitrogen and oxygen atoms in total. The predicted octanol–water partition coefficient (Wildman–Crippen LogP) is -0.0319. The first-order valence-electron chi connectivity index (χ1n) is 22.9. The van der Waals surface area contributed by atoms with Crippen LogP contribution in [0.25, 0.3) is 0 Å². The zero-order valence-electron chi connectivity index (χ0n) is 36.0. The molecule has 9 aliphatic rings. The molecule has 4 aliphatic carbocycles. The van der Waals surface area contributed by atoms with Crippen LogP contribution >= 0.6 is 0 Å². The normalized spacial score (nSPS) is 58.4. The fourth-order valence-corrected chi connectivity index (χ4v) is 13.7. The van der Waals surface area contributed by atoms with E-state index < -0.39 is 110 Å². The van der Waals surface area contributed by atoms with Crippen LogP contribution in [0.15, 0.2) is 11.6 Å². The Balaban J connectivity index is 0.921. The minimum Gasteiger partial charge on any atom is -0.394 e. The minimum atomic E-state index is -1.72. The van der Waals surface area contributed by atoms with Crippen molar-refractivity contribution in [2.75, 3.05) is 19.8 Å². The molecule has 17 heteroatoms. The van der Waals surface area contributed by atoms with Gasteiger partial charge in [0.15, 0.2) is 24.7 Å². The predicted molar refractivity (Wildman–Crippen MR) is 210 cm³/mol. The minimum absolute atomic E-state index is 0.109. The van der Waals surface area contributed by atoms with Crippen molar-refractivity contribution in [3.8, 4) is 0 Å². The summed E-state index contributed by atoms with van der Waals surface area (Å²) in [5, 5.41) is 97.9. The van der Waals surface area contributed by atoms with Crippen LogP contribution in [0.2, 0.25) is 0 Å². The molecule has 61 heavy (non-hydrogen) atoms. The molecule has 0 aromatic carbocycles. The Kier molecular flexibility index (Phi) is 12.2. The standard InChI is InChI=1S/C44H70O17/c1-19-8-13-43(55-17-19)21(3)44(53)29(61-43)15-26-24-7-6-22-14-23(9-11-41(22,4)25(24)10-12-42(26,44)5)57-40-37(60-39-34(51)32(49)30(47)20(2)56-39)35(52)36(28(16-45)58-40)59-38-33(50)31(48)27(46)18-54-38/h6,19-21,23-40,45-53H,7-18H2,1-5H3/t19-,20+,21-,23+,24-,25+,26+,27-,28-,29+,30+,31+,32-,33-,34-,35+,36-,37-,38+,39+,40-,41+,42+,43-,44-/m0/s1. The zero-order valence-corrected chi connectivity index (χ0v) is 36.0. The van der Waals surface area contributed by atoms with Crippen molar-refractivity contribution in [3.05, 3.63) is 11.6 Å². The highest BCUT2D eigenvalue weighted by Crippen LogP contribution is 2.72. The number of allylic oxidation sites excluding steroid dienone is 1. The quantitative estimate of drug-likeness (QED) is 0.152. The Hall–Kier alpha value is -0.940. The molecule has 0 unspecified atom stereocenters. The van der Waals surface area contributed by atoms with Crippen molar-refractivity contribution >= 4 is 0 Å². The number of hydrogen-bond acceptors (Lipinski definition) is 17. The lowest BCUT2D eigenvalue weighted by Crippen LogP contribution is -2.66. The molecule has 348 valence electrons. The molecule has 5 heterocycles. The van der Waals surface area contributed by atoms with E-state index in [1.807, 2.05) is 0 Å². The fraction of sp³-hybridized carbons (Fsp3) is 0.955. The average Bonchev–Trinajstić information content (AvgIpc) is 3.59. The summed E-state index contributed by atoms with van der Waals surface area (Å²) in [4.78, 5) is 0. The van der Waals surface area contributed by atoms with Crippen LogP contribution in [-0.2, 0) is 37.9 Å². The summed E-state index contributed by atoms with van der Waals surface area (Å²) in [5.41, 5.74) is -0.101. The van der Waals surface area contributed by atoms with Crippen LogP contribution in [0.3, 0.4) is 0 Å². The number of fused-ring (bicyclic) bond motifs is 7. The molecule has 9 rings (SSSR count). The van der Waals surface area contributed by atoms with Gasteiger partial charge in [0.1, 0.15) is 66.6 Å². The number of ether oxygens (including phenoxy) is 8. The summed E-state index contributed by atoms with van der Waals surface area (Å²) in [6.45, 7) is 10.1. The highest BCUT2D eigenvalue weighted by Gasteiger charge is 2.76. The lowest BCUT2D eigenvalue weighted by atomic mass is 9.46. The summed E-state index contributed by atoms with van der Waals surface area (Å²) >= 11 is 0. The van der Waals surface area contributed by atoms with E-state index in [1.165, 1.54) is 12.5 Å². The van der Waals surface area contributed by atoms with Crippen LogP contribution in [0.4, 0.5) is 0 Å². The van der Waals surface area contributed by atoms with Crippen LogP contribution in [0, 0.1) is 40.4 Å². The van der Waals surface area contributed by atoms with Crippen LogP contribution in [0.5, 0.6) is 0 Å². The molecule has 0 bridgehead atoms. The molecular formula is C44H70O17. The highest BCUT2D eigenvalue weighted by molar-refractivity contribution is 5.29. The van der Waals surface area contributed by atoms with E-state index in [0.717, 1.165) is 44.9 Å². The molecule has 5 saturated heterocycles. The Bertz CT molecular complexity index is 1610. The Morgan fingerprint density at radius 3 is 2.20 bits per heavy atom. The van der Waals surface area contributed by atoms with Gasteiger partial charge in [0.25, 0.3) is 0 Å². The van der Waals surface area contributed by atoms with Gasteiger partial charge in [-0.1, -0.05) is 39.3 Å². The van der Waals surface area contributed by atoms with Crippen LogP contribution in [0.1, 0.15) is 92.4 Å². The largest absolute Gasteiger partial charge is 0.394 e. The lowest BCUT2D eigenvalue weighted by Gasteiger charge is -2.60. The Labute approximate surface area is 357 Å². The average molecular weight is 871 g/mol. The summed E-state index contributed by atoms with van der Waals surface area (Å²) in [7, 11) is 0. The van der Waals surface area contributed by atoms with Crippen molar-refractivity contribution in [2.45, 2.75) is 202 Å². The first kappa shape index (κ1) is 45.2. The molecule has 0 aromatic heterocycles. The summed E-state index contributed by atoms with van der Waals surface area (Å²) < 4.78 is 49.5. The third kappa shape index (κ3) is 7.06. The van der Waals surface area contributed by atoms with E-state index in [9.17, 15) is 46.0 Å². The van der Waals surface area contributed by atoms with E-state index in [2.05, 4.69) is 33.8 Å². The molecule has 0 amide bonds. The second kappa shape index (κ2) is 16.4. The zero-order chi connectivity index (χ0) is 43.6. The monoisotopic (exact) mass is 870 g/mol. The molecule has 25 atom stereocenters. The fourth-order valence-electron chi connectivity index (χ4n) is 13.7. The van der Waals surface area contributed by atoms with Crippen molar-refractivity contribution < 1.29 is 83.9 Å². The molecule has 8 fully saturated rings. The van der Waals surface area contributed by atoms with Gasteiger partial charge in [-0.3, -0.25) is 0 Å². The van der Waals surface area contributed by atoms with Gasteiger partial charge in [0, 0.05) is 17.8 Å². The van der Waals surface area contributed by atoms with E-state index in [0.29, 0.717) is 43.1 Å². The second-order valence-corrected chi connectivity index (χ2v) is 20.7. The maximum absolute atomic E-state index is 12.8. The Morgan fingerprint density at radius 2 is 1.48 bits per heavy atom. The first-order valence-corrected chi connectivity index (χ1v) is 22.9. The van der Waals surface area contributed by atoms with E-state index >= 15 is 0 Å². The van der Waals surface area contributed by atoms with Crippen LogP contribution in [-0.4, -0.2) is 175 Å². The Morgan fingerprint density at radius 1 is 0.738 bits per heavy atom. The summed E-state index contributed by atoms with van der Waals surface area (Å²) in [6, 6.07) is 0. The molecule has 1 spiro atoms. The SMILES string of the molecule is C[C@H]1CC[C@]2(OC1)O[C@@H]1C[C@@H]3[C@H]4CC=C5C[C@H](O[C@H]6O[C@@H](CO)[C@H](O[C@H]7OC[C@H](O)[C@@H](O)[C@@H]7O)[C@@H](O)[C@@H]6O[C@H]6O[C@H](C)[C@@H](O)[C@H](O)[C@@H]6O)CC[C@@]5(C)[C@@H]4CC[C@@]3(C)[C@]1(O)[C@H]2C.